The number of halogens is 1. The molecule has 1 saturated heterocycles. The zero-order valence-corrected chi connectivity index (χ0v) is 15.3. The molecule has 0 bridgehead atoms. The van der Waals surface area contributed by atoms with E-state index in [2.05, 4.69) is 5.32 Å². The first-order valence-electron chi connectivity index (χ1n) is 8.61. The molecule has 0 amide bonds. The number of piperidine rings is 1. The standard InChI is InChI=1S/C20H19ClN2O4/c21-18-8-7-17(23(25)26)14-15(18)6-9-19(24)27-20(10-12-22-13-11-20)16-4-2-1-3-5-16/h1-9,14,22H,10-13H2/b9-6+. The molecule has 1 fully saturated rings. The SMILES string of the molecule is O=C(/C=C/c1cc([N+](=O)[O-])ccc1Cl)OC1(c2ccccc2)CCNCC1. The second-order valence-corrected chi connectivity index (χ2v) is 6.73. The third kappa shape index (κ3) is 4.53. The minimum atomic E-state index is -0.680. The molecule has 6 nitrogen and oxygen atoms in total. The first kappa shape index (κ1) is 19.1. The molecule has 1 aliphatic rings. The molecule has 0 aliphatic carbocycles. The summed E-state index contributed by atoms with van der Waals surface area (Å²) in [5.41, 5.74) is 0.579. The number of benzene rings is 2. The van der Waals surface area contributed by atoms with E-state index in [1.807, 2.05) is 30.3 Å². The van der Waals surface area contributed by atoms with Crippen LogP contribution in [0.4, 0.5) is 5.69 Å². The van der Waals surface area contributed by atoms with Crippen LogP contribution in [-0.4, -0.2) is 24.0 Å². The van der Waals surface area contributed by atoms with Crippen LogP contribution in [0.1, 0.15) is 24.0 Å². The summed E-state index contributed by atoms with van der Waals surface area (Å²) in [6.45, 7) is 1.51. The fourth-order valence-corrected chi connectivity index (χ4v) is 3.36. The summed E-state index contributed by atoms with van der Waals surface area (Å²) in [7, 11) is 0. The van der Waals surface area contributed by atoms with Gasteiger partial charge in [-0.05, 0) is 30.8 Å². The van der Waals surface area contributed by atoms with Gasteiger partial charge in [-0.15, -0.1) is 0 Å². The molecule has 1 N–H and O–H groups in total. The molecule has 0 unspecified atom stereocenters. The molecule has 7 heteroatoms. The third-order valence-corrected chi connectivity index (χ3v) is 4.94. The number of non-ortho nitro benzene ring substituents is 1. The van der Waals surface area contributed by atoms with Gasteiger partial charge in [-0.1, -0.05) is 41.9 Å². The maximum absolute atomic E-state index is 12.5. The van der Waals surface area contributed by atoms with E-state index >= 15 is 0 Å². The Morgan fingerprint density at radius 2 is 1.89 bits per heavy atom. The number of rotatable bonds is 5. The van der Waals surface area contributed by atoms with Crippen LogP contribution in [-0.2, 0) is 15.1 Å². The molecule has 0 atom stereocenters. The fourth-order valence-electron chi connectivity index (χ4n) is 3.18. The lowest BCUT2D eigenvalue weighted by Gasteiger charge is -2.37. The summed E-state index contributed by atoms with van der Waals surface area (Å²) in [4.78, 5) is 22.9. The van der Waals surface area contributed by atoms with Crippen LogP contribution in [0.5, 0.6) is 0 Å². The van der Waals surface area contributed by atoms with E-state index in [9.17, 15) is 14.9 Å². The summed E-state index contributed by atoms with van der Waals surface area (Å²) in [5, 5.41) is 14.5. The normalized spacial score (nSPS) is 16.2. The maximum atomic E-state index is 12.5. The molecule has 2 aromatic carbocycles. The van der Waals surface area contributed by atoms with Crippen LogP contribution < -0.4 is 5.32 Å². The Labute approximate surface area is 161 Å². The van der Waals surface area contributed by atoms with E-state index in [4.69, 9.17) is 16.3 Å². The molecular formula is C20H19ClN2O4. The molecule has 1 aliphatic heterocycles. The lowest BCUT2D eigenvalue weighted by atomic mass is 9.85. The molecule has 0 aromatic heterocycles. The molecule has 0 radical (unpaired) electrons. The minimum absolute atomic E-state index is 0.0912. The van der Waals surface area contributed by atoms with E-state index in [-0.39, 0.29) is 5.69 Å². The highest BCUT2D eigenvalue weighted by Crippen LogP contribution is 2.35. The van der Waals surface area contributed by atoms with Crippen molar-refractivity contribution in [2.45, 2.75) is 18.4 Å². The Morgan fingerprint density at radius 3 is 2.56 bits per heavy atom. The third-order valence-electron chi connectivity index (χ3n) is 4.60. The van der Waals surface area contributed by atoms with Crippen LogP contribution in [0.3, 0.4) is 0 Å². The monoisotopic (exact) mass is 386 g/mol. The van der Waals surface area contributed by atoms with Gasteiger partial charge in [0, 0.05) is 41.6 Å². The zero-order chi connectivity index (χ0) is 19.3. The van der Waals surface area contributed by atoms with Gasteiger partial charge in [-0.25, -0.2) is 4.79 Å². The Morgan fingerprint density at radius 1 is 1.19 bits per heavy atom. The molecule has 0 spiro atoms. The number of nitrogens with zero attached hydrogens (tertiary/aromatic N) is 1. The van der Waals surface area contributed by atoms with Gasteiger partial charge >= 0.3 is 5.97 Å². The van der Waals surface area contributed by atoms with Crippen molar-refractivity contribution in [3.05, 3.63) is 80.9 Å². The Kier molecular flexibility index (Phi) is 5.88. The Balaban J connectivity index is 1.80. The first-order chi connectivity index (χ1) is 13.0. The van der Waals surface area contributed by atoms with Gasteiger partial charge in [0.05, 0.1) is 4.92 Å². The van der Waals surface area contributed by atoms with E-state index in [0.717, 1.165) is 18.7 Å². The van der Waals surface area contributed by atoms with Gasteiger partial charge < -0.3 is 10.1 Å². The smallest absolute Gasteiger partial charge is 0.331 e. The van der Waals surface area contributed by atoms with Crippen LogP contribution in [0, 0.1) is 10.1 Å². The number of esters is 1. The first-order valence-corrected chi connectivity index (χ1v) is 8.99. The number of carbonyl (C=O) groups excluding carboxylic acids is 1. The summed E-state index contributed by atoms with van der Waals surface area (Å²) in [6.07, 6.45) is 4.05. The molecule has 0 saturated carbocycles. The highest BCUT2D eigenvalue weighted by Gasteiger charge is 2.37. The number of ether oxygens (including phenoxy) is 1. The molecule has 3 rings (SSSR count). The van der Waals surface area contributed by atoms with Crippen molar-refractivity contribution in [1.29, 1.82) is 0 Å². The van der Waals surface area contributed by atoms with E-state index in [1.165, 1.54) is 30.4 Å². The van der Waals surface area contributed by atoms with Crippen molar-refractivity contribution >= 4 is 29.3 Å². The molecule has 1 heterocycles. The van der Waals surface area contributed by atoms with E-state index in [1.54, 1.807) is 0 Å². The van der Waals surface area contributed by atoms with Crippen LogP contribution in [0.25, 0.3) is 6.08 Å². The maximum Gasteiger partial charge on any atom is 0.331 e. The van der Waals surface area contributed by atoms with Gasteiger partial charge in [-0.3, -0.25) is 10.1 Å². The second kappa shape index (κ2) is 8.33. The largest absolute Gasteiger partial charge is 0.451 e. The summed E-state index contributed by atoms with van der Waals surface area (Å²) < 4.78 is 5.86. The van der Waals surface area contributed by atoms with Gasteiger partial charge in [0.25, 0.3) is 5.69 Å². The predicted octanol–water partition coefficient (Wildman–Crippen LogP) is 4.08. The number of nitrogens with one attached hydrogen (secondary N) is 1. The van der Waals surface area contributed by atoms with Crippen LogP contribution in [0.2, 0.25) is 5.02 Å². The quantitative estimate of drug-likeness (QED) is 0.362. The van der Waals surface area contributed by atoms with Gasteiger partial charge in [0.1, 0.15) is 5.60 Å². The average molecular weight is 387 g/mol. The van der Waals surface area contributed by atoms with Crippen LogP contribution >= 0.6 is 11.6 Å². The average Bonchev–Trinajstić information content (AvgIpc) is 2.68. The number of nitro groups is 1. The number of nitro benzene ring substituents is 1. The van der Waals surface area contributed by atoms with Gasteiger partial charge in [0.15, 0.2) is 0 Å². The molecule has 2 aromatic rings. The molecule has 140 valence electrons. The van der Waals surface area contributed by atoms with Gasteiger partial charge in [-0.2, -0.15) is 0 Å². The summed E-state index contributed by atoms with van der Waals surface area (Å²) in [5.74, 6) is -0.511. The highest BCUT2D eigenvalue weighted by atomic mass is 35.5. The van der Waals surface area contributed by atoms with E-state index < -0.39 is 16.5 Å². The zero-order valence-electron chi connectivity index (χ0n) is 14.6. The molecule has 27 heavy (non-hydrogen) atoms. The summed E-state index contributed by atoms with van der Waals surface area (Å²) >= 11 is 6.07. The second-order valence-electron chi connectivity index (χ2n) is 6.33. The van der Waals surface area contributed by atoms with Crippen molar-refractivity contribution in [2.75, 3.05) is 13.1 Å². The molecular weight excluding hydrogens is 368 g/mol. The van der Waals surface area contributed by atoms with Crippen LogP contribution in [0.15, 0.2) is 54.6 Å². The van der Waals surface area contributed by atoms with Crippen molar-refractivity contribution in [1.82, 2.24) is 5.32 Å². The lowest BCUT2D eigenvalue weighted by molar-refractivity contribution is -0.384. The van der Waals surface area contributed by atoms with Crippen molar-refractivity contribution < 1.29 is 14.5 Å². The van der Waals surface area contributed by atoms with Crippen molar-refractivity contribution in [3.8, 4) is 0 Å². The highest BCUT2D eigenvalue weighted by molar-refractivity contribution is 6.32. The number of hydrogen-bond donors (Lipinski definition) is 1. The van der Waals surface area contributed by atoms with E-state index in [0.29, 0.717) is 23.4 Å². The van der Waals surface area contributed by atoms with Gasteiger partial charge in [0.2, 0.25) is 0 Å². The predicted molar refractivity (Wildman–Crippen MR) is 103 cm³/mol. The minimum Gasteiger partial charge on any atom is -0.451 e. The topological polar surface area (TPSA) is 81.5 Å². The fraction of sp³-hybridized carbons (Fsp3) is 0.250. The lowest BCUT2D eigenvalue weighted by Crippen LogP contribution is -2.42. The van der Waals surface area contributed by atoms with Crippen molar-refractivity contribution in [3.63, 3.8) is 0 Å². The summed E-state index contributed by atoms with van der Waals surface area (Å²) in [6, 6.07) is 13.8. The number of carbonyl (C=O) groups is 1. The number of hydrogen-bond acceptors (Lipinski definition) is 5. The Hall–Kier alpha value is -2.70. The Bertz CT molecular complexity index is 862. The van der Waals surface area contributed by atoms with Crippen molar-refractivity contribution in [2.24, 2.45) is 0 Å².